The van der Waals surface area contributed by atoms with E-state index >= 15 is 0 Å². The maximum atomic E-state index is 12.5. The Balaban J connectivity index is 4.02. The van der Waals surface area contributed by atoms with Gasteiger partial charge in [0.15, 0.2) is 6.10 Å². The summed E-state index contributed by atoms with van der Waals surface area (Å²) in [6.07, 6.45) is 39.3. The summed E-state index contributed by atoms with van der Waals surface area (Å²) in [6, 6.07) is 0. The van der Waals surface area contributed by atoms with Crippen molar-refractivity contribution in [1.82, 2.24) is 0 Å². The third-order valence-electron chi connectivity index (χ3n) is 8.80. The zero-order valence-corrected chi connectivity index (χ0v) is 31.1. The van der Waals surface area contributed by atoms with Gasteiger partial charge in [-0.2, -0.15) is 0 Å². The molecular formula is C41H78O5. The van der Waals surface area contributed by atoms with Crippen molar-refractivity contribution in [2.75, 3.05) is 19.8 Å². The lowest BCUT2D eigenvalue weighted by Gasteiger charge is -2.18. The van der Waals surface area contributed by atoms with Crippen molar-refractivity contribution in [3.8, 4) is 0 Å². The highest BCUT2D eigenvalue weighted by Gasteiger charge is 2.17. The van der Waals surface area contributed by atoms with Crippen LogP contribution in [-0.4, -0.2) is 37.9 Å². The number of hydrogen-bond donors (Lipinski definition) is 0. The molecule has 0 heterocycles. The molecule has 5 nitrogen and oxygen atoms in total. The van der Waals surface area contributed by atoms with Gasteiger partial charge in [0.25, 0.3) is 0 Å². The second kappa shape index (κ2) is 38.1. The van der Waals surface area contributed by atoms with E-state index in [1.807, 2.05) is 0 Å². The molecule has 5 heteroatoms. The van der Waals surface area contributed by atoms with Crippen LogP contribution >= 0.6 is 0 Å². The van der Waals surface area contributed by atoms with Gasteiger partial charge < -0.3 is 14.2 Å². The maximum Gasteiger partial charge on any atom is 0.306 e. The molecule has 1 atom stereocenters. The highest BCUT2D eigenvalue weighted by molar-refractivity contribution is 5.70. The van der Waals surface area contributed by atoms with E-state index in [4.69, 9.17) is 14.2 Å². The normalized spacial score (nSPS) is 12.2. The van der Waals surface area contributed by atoms with E-state index in [1.165, 1.54) is 141 Å². The second-order valence-corrected chi connectivity index (χ2v) is 13.6. The van der Waals surface area contributed by atoms with Gasteiger partial charge in [-0.25, -0.2) is 0 Å². The Morgan fingerprint density at radius 3 is 1.33 bits per heavy atom. The van der Waals surface area contributed by atoms with Gasteiger partial charge >= 0.3 is 11.9 Å². The number of allylic oxidation sites excluding steroid dienone is 2. The van der Waals surface area contributed by atoms with Gasteiger partial charge in [0, 0.05) is 19.4 Å². The SMILES string of the molecule is CCCCCCCC/C=C\CCCCCCCCCC(=O)OCC(COCCCCCCCC)OC(=O)CCCCCCCCC. The Labute approximate surface area is 286 Å². The summed E-state index contributed by atoms with van der Waals surface area (Å²) in [7, 11) is 0. The molecule has 0 radical (unpaired) electrons. The van der Waals surface area contributed by atoms with Crippen LogP contribution < -0.4 is 0 Å². The van der Waals surface area contributed by atoms with Crippen LogP contribution in [0.15, 0.2) is 12.2 Å². The number of ether oxygens (including phenoxy) is 3. The Morgan fingerprint density at radius 2 is 0.848 bits per heavy atom. The van der Waals surface area contributed by atoms with Crippen LogP contribution in [0.4, 0.5) is 0 Å². The summed E-state index contributed by atoms with van der Waals surface area (Å²) in [4.78, 5) is 24.9. The minimum absolute atomic E-state index is 0.0888. The summed E-state index contributed by atoms with van der Waals surface area (Å²) < 4.78 is 17.1. The van der Waals surface area contributed by atoms with Crippen LogP contribution in [0.25, 0.3) is 0 Å². The topological polar surface area (TPSA) is 61.8 Å². The predicted molar refractivity (Wildman–Crippen MR) is 196 cm³/mol. The molecule has 0 aliphatic heterocycles. The van der Waals surface area contributed by atoms with Crippen molar-refractivity contribution in [1.29, 1.82) is 0 Å². The van der Waals surface area contributed by atoms with E-state index < -0.39 is 6.10 Å². The Hall–Kier alpha value is -1.36. The van der Waals surface area contributed by atoms with Crippen molar-refractivity contribution >= 4 is 11.9 Å². The Kier molecular flexibility index (Phi) is 37.0. The van der Waals surface area contributed by atoms with Gasteiger partial charge in [0.1, 0.15) is 6.61 Å². The van der Waals surface area contributed by atoms with Gasteiger partial charge in [-0.15, -0.1) is 0 Å². The quantitative estimate of drug-likeness (QED) is 0.0380. The third-order valence-corrected chi connectivity index (χ3v) is 8.80. The molecule has 0 aromatic heterocycles. The van der Waals surface area contributed by atoms with Gasteiger partial charge in [-0.1, -0.05) is 168 Å². The van der Waals surface area contributed by atoms with Crippen LogP contribution in [0, 0.1) is 0 Å². The molecular weight excluding hydrogens is 572 g/mol. The summed E-state index contributed by atoms with van der Waals surface area (Å²) in [5, 5.41) is 0. The largest absolute Gasteiger partial charge is 0.462 e. The molecule has 272 valence electrons. The summed E-state index contributed by atoms with van der Waals surface area (Å²) >= 11 is 0. The number of carbonyl (C=O) groups excluding carboxylic acids is 2. The molecule has 0 aliphatic rings. The predicted octanol–water partition coefficient (Wildman–Crippen LogP) is 12.8. The lowest BCUT2D eigenvalue weighted by molar-refractivity contribution is -0.163. The molecule has 0 rings (SSSR count). The fourth-order valence-electron chi connectivity index (χ4n) is 5.74. The number of unbranched alkanes of at least 4 members (excludes halogenated alkanes) is 24. The first-order valence-corrected chi connectivity index (χ1v) is 20.2. The molecule has 46 heavy (non-hydrogen) atoms. The molecule has 0 aromatic rings. The monoisotopic (exact) mass is 651 g/mol. The van der Waals surface area contributed by atoms with Gasteiger partial charge in [-0.3, -0.25) is 9.59 Å². The van der Waals surface area contributed by atoms with Crippen molar-refractivity contribution in [2.45, 2.75) is 219 Å². The standard InChI is InChI=1S/C41H78O5/c1-4-7-10-13-16-17-18-19-20-21-22-23-24-25-27-28-31-34-40(42)45-38-39(37-44-36-33-30-15-12-9-6-3)46-41(43)35-32-29-26-14-11-8-5-2/h19-20,39H,4-18,21-38H2,1-3H3/b20-19-. The van der Waals surface area contributed by atoms with Crippen LogP contribution in [-0.2, 0) is 23.8 Å². The van der Waals surface area contributed by atoms with Crippen molar-refractivity contribution in [3.05, 3.63) is 12.2 Å². The van der Waals surface area contributed by atoms with E-state index in [0.29, 0.717) is 26.1 Å². The molecule has 0 aliphatic carbocycles. The average Bonchev–Trinajstić information content (AvgIpc) is 3.05. The highest BCUT2D eigenvalue weighted by atomic mass is 16.6. The zero-order valence-electron chi connectivity index (χ0n) is 31.1. The third kappa shape index (κ3) is 35.5. The molecule has 0 fully saturated rings. The first-order valence-electron chi connectivity index (χ1n) is 20.2. The van der Waals surface area contributed by atoms with Crippen molar-refractivity contribution in [2.24, 2.45) is 0 Å². The molecule has 0 aromatic carbocycles. The van der Waals surface area contributed by atoms with Crippen LogP contribution in [0.2, 0.25) is 0 Å². The van der Waals surface area contributed by atoms with E-state index in [2.05, 4.69) is 32.9 Å². The van der Waals surface area contributed by atoms with E-state index in [0.717, 1.165) is 38.5 Å². The number of rotatable bonds is 37. The van der Waals surface area contributed by atoms with E-state index in [-0.39, 0.29) is 18.5 Å². The minimum atomic E-state index is -0.522. The van der Waals surface area contributed by atoms with E-state index in [9.17, 15) is 9.59 Å². The van der Waals surface area contributed by atoms with Gasteiger partial charge in [0.05, 0.1) is 6.61 Å². The molecule has 0 N–H and O–H groups in total. The number of esters is 2. The fraction of sp³-hybridized carbons (Fsp3) is 0.902. The Bertz CT molecular complexity index is 661. The van der Waals surface area contributed by atoms with Crippen molar-refractivity contribution in [3.63, 3.8) is 0 Å². The average molecular weight is 651 g/mol. The minimum Gasteiger partial charge on any atom is -0.462 e. The first kappa shape index (κ1) is 44.6. The van der Waals surface area contributed by atoms with Gasteiger partial charge in [0.2, 0.25) is 0 Å². The van der Waals surface area contributed by atoms with E-state index in [1.54, 1.807) is 0 Å². The first-order chi connectivity index (χ1) is 22.6. The second-order valence-electron chi connectivity index (χ2n) is 13.6. The molecule has 0 amide bonds. The van der Waals surface area contributed by atoms with Crippen LogP contribution in [0.5, 0.6) is 0 Å². The molecule has 0 saturated carbocycles. The highest BCUT2D eigenvalue weighted by Crippen LogP contribution is 2.13. The summed E-state index contributed by atoms with van der Waals surface area (Å²) in [6.45, 7) is 7.76. The summed E-state index contributed by atoms with van der Waals surface area (Å²) in [5.41, 5.74) is 0. The lowest BCUT2D eigenvalue weighted by atomic mass is 10.1. The number of carbonyl (C=O) groups is 2. The number of hydrogen-bond acceptors (Lipinski definition) is 5. The van der Waals surface area contributed by atoms with Gasteiger partial charge in [-0.05, 0) is 44.9 Å². The molecule has 0 saturated heterocycles. The fourth-order valence-corrected chi connectivity index (χ4v) is 5.74. The maximum absolute atomic E-state index is 12.5. The molecule has 0 spiro atoms. The molecule has 1 unspecified atom stereocenters. The smallest absolute Gasteiger partial charge is 0.306 e. The zero-order chi connectivity index (χ0) is 33.6. The lowest BCUT2D eigenvalue weighted by Crippen LogP contribution is -2.30. The Morgan fingerprint density at radius 1 is 0.457 bits per heavy atom. The summed E-state index contributed by atoms with van der Waals surface area (Å²) in [5.74, 6) is -0.404. The van der Waals surface area contributed by atoms with Crippen molar-refractivity contribution < 1.29 is 23.8 Å². The molecule has 0 bridgehead atoms. The van der Waals surface area contributed by atoms with Crippen LogP contribution in [0.1, 0.15) is 213 Å². The van der Waals surface area contributed by atoms with Crippen LogP contribution in [0.3, 0.4) is 0 Å².